The molecule has 1 aliphatic rings. The summed E-state index contributed by atoms with van der Waals surface area (Å²) >= 11 is 6.15. The number of ether oxygens (including phenoxy) is 2. The molecule has 1 amide bonds. The van der Waals surface area contributed by atoms with E-state index < -0.39 is 0 Å². The molecule has 4 rings (SSSR count). The van der Waals surface area contributed by atoms with Crippen molar-refractivity contribution >= 4 is 29.0 Å². The minimum Gasteiger partial charge on any atom is -0.495 e. The second-order valence-corrected chi connectivity index (χ2v) is 7.79. The number of rotatable bonds is 6. The fourth-order valence-electron chi connectivity index (χ4n) is 3.84. The Morgan fingerprint density at radius 3 is 2.66 bits per heavy atom. The number of nitrogens with one attached hydrogen (secondary N) is 1. The maximum atomic E-state index is 13.3. The predicted octanol–water partition coefficient (Wildman–Crippen LogP) is 4.53. The molecule has 1 saturated heterocycles. The third-order valence-corrected chi connectivity index (χ3v) is 5.78. The largest absolute Gasteiger partial charge is 0.495 e. The van der Waals surface area contributed by atoms with Gasteiger partial charge in [-0.1, -0.05) is 23.7 Å². The van der Waals surface area contributed by atoms with Crippen LogP contribution in [0.25, 0.3) is 0 Å². The molecule has 2 aromatic carbocycles. The number of nitrogens with zero attached hydrogens (tertiary/aromatic N) is 3. The Balaban J connectivity index is 1.56. The number of aromatic nitrogens is 2. The maximum Gasteiger partial charge on any atom is 0.261 e. The molecule has 0 aliphatic carbocycles. The molecule has 0 radical (unpaired) electrons. The summed E-state index contributed by atoms with van der Waals surface area (Å²) in [5.74, 6) is 0.944. The van der Waals surface area contributed by atoms with Crippen LogP contribution in [0.1, 0.15) is 28.3 Å². The second-order valence-electron chi connectivity index (χ2n) is 7.38. The summed E-state index contributed by atoms with van der Waals surface area (Å²) in [4.78, 5) is 23.6. The van der Waals surface area contributed by atoms with Crippen molar-refractivity contribution in [3.8, 4) is 11.5 Å². The Bertz CT molecular complexity index is 1130. The summed E-state index contributed by atoms with van der Waals surface area (Å²) in [6.07, 6.45) is 3.78. The minimum absolute atomic E-state index is 0.224. The van der Waals surface area contributed by atoms with Gasteiger partial charge in [-0.2, -0.15) is 0 Å². The highest BCUT2D eigenvalue weighted by Gasteiger charge is 2.28. The van der Waals surface area contributed by atoms with Gasteiger partial charge in [-0.15, -0.1) is 0 Å². The van der Waals surface area contributed by atoms with Crippen LogP contribution in [-0.2, 0) is 0 Å². The maximum absolute atomic E-state index is 13.3. The van der Waals surface area contributed by atoms with E-state index in [1.807, 2.05) is 4.90 Å². The van der Waals surface area contributed by atoms with Crippen molar-refractivity contribution < 1.29 is 18.7 Å². The molecule has 9 heteroatoms. The van der Waals surface area contributed by atoms with E-state index in [9.17, 15) is 9.18 Å². The summed E-state index contributed by atoms with van der Waals surface area (Å²) < 4.78 is 23.8. The van der Waals surface area contributed by atoms with E-state index in [1.54, 1.807) is 24.3 Å². The molecule has 32 heavy (non-hydrogen) atoms. The third kappa shape index (κ3) is 4.45. The number of carbonyl (C=O) groups excluding carboxylic acids is 1. The SMILES string of the molecule is COc1cc(NC(=O)c2cncnc2N2CCC(c3ccc(F)cc3)C2)c(OC)cc1Cl. The van der Waals surface area contributed by atoms with Gasteiger partial charge in [-0.25, -0.2) is 14.4 Å². The summed E-state index contributed by atoms with van der Waals surface area (Å²) in [6, 6.07) is 9.72. The van der Waals surface area contributed by atoms with Crippen LogP contribution in [0.5, 0.6) is 11.5 Å². The van der Waals surface area contributed by atoms with Crippen molar-refractivity contribution in [2.45, 2.75) is 12.3 Å². The van der Waals surface area contributed by atoms with Gasteiger partial charge >= 0.3 is 0 Å². The lowest BCUT2D eigenvalue weighted by molar-refractivity contribution is 0.102. The van der Waals surface area contributed by atoms with Crippen molar-refractivity contribution in [3.05, 3.63) is 70.9 Å². The van der Waals surface area contributed by atoms with E-state index in [4.69, 9.17) is 21.1 Å². The van der Waals surface area contributed by atoms with Crippen molar-refractivity contribution in [2.75, 3.05) is 37.5 Å². The minimum atomic E-state index is -0.381. The van der Waals surface area contributed by atoms with E-state index in [0.717, 1.165) is 18.5 Å². The molecule has 1 aliphatic heterocycles. The summed E-state index contributed by atoms with van der Waals surface area (Å²) in [5, 5.41) is 3.21. The number of amides is 1. The molecule has 0 bridgehead atoms. The highest BCUT2D eigenvalue weighted by molar-refractivity contribution is 6.32. The lowest BCUT2D eigenvalue weighted by atomic mass is 9.99. The molecule has 1 unspecified atom stereocenters. The summed E-state index contributed by atoms with van der Waals surface area (Å²) in [6.45, 7) is 1.39. The van der Waals surface area contributed by atoms with Gasteiger partial charge in [0.05, 0.1) is 24.9 Å². The lowest BCUT2D eigenvalue weighted by Gasteiger charge is -2.20. The number of hydrogen-bond donors (Lipinski definition) is 1. The van der Waals surface area contributed by atoms with Crippen LogP contribution < -0.4 is 19.7 Å². The number of methoxy groups -OCH3 is 2. The molecular weight excluding hydrogens is 435 g/mol. The normalized spacial score (nSPS) is 15.5. The molecule has 166 valence electrons. The number of hydrogen-bond acceptors (Lipinski definition) is 6. The molecule has 1 atom stereocenters. The highest BCUT2D eigenvalue weighted by Crippen LogP contribution is 2.37. The molecule has 3 aromatic rings. The topological polar surface area (TPSA) is 76.6 Å². The summed E-state index contributed by atoms with van der Waals surface area (Å²) in [7, 11) is 2.98. The lowest BCUT2D eigenvalue weighted by Crippen LogP contribution is -2.25. The predicted molar refractivity (Wildman–Crippen MR) is 121 cm³/mol. The average molecular weight is 457 g/mol. The summed E-state index contributed by atoms with van der Waals surface area (Å²) in [5.41, 5.74) is 1.81. The zero-order valence-corrected chi connectivity index (χ0v) is 18.4. The van der Waals surface area contributed by atoms with E-state index >= 15 is 0 Å². The number of halogens is 2. The first-order valence-corrected chi connectivity index (χ1v) is 10.4. The fourth-order valence-corrected chi connectivity index (χ4v) is 4.07. The van der Waals surface area contributed by atoms with Crippen LogP contribution in [-0.4, -0.2) is 43.2 Å². The first-order chi connectivity index (χ1) is 15.5. The Kier molecular flexibility index (Phi) is 6.41. The van der Waals surface area contributed by atoms with Crippen molar-refractivity contribution in [3.63, 3.8) is 0 Å². The van der Waals surface area contributed by atoms with Gasteiger partial charge in [0.1, 0.15) is 35.0 Å². The fraction of sp³-hybridized carbons (Fsp3) is 0.261. The molecule has 0 saturated carbocycles. The standard InChI is InChI=1S/C23H22ClFN4O3/c1-31-20-10-19(21(32-2)9-18(20)24)28-23(30)17-11-26-13-27-22(17)29-8-7-15(12-29)14-3-5-16(25)6-4-14/h3-6,9-11,13,15H,7-8,12H2,1-2H3,(H,28,30). The molecule has 1 N–H and O–H groups in total. The first-order valence-electron chi connectivity index (χ1n) is 10.0. The Labute approximate surface area is 190 Å². The van der Waals surface area contributed by atoms with Gasteiger partial charge in [0.25, 0.3) is 5.91 Å². The van der Waals surface area contributed by atoms with Crippen molar-refractivity contribution in [2.24, 2.45) is 0 Å². The van der Waals surface area contributed by atoms with Gasteiger partial charge in [-0.3, -0.25) is 4.79 Å². The van der Waals surface area contributed by atoms with Crippen LogP contribution in [0.3, 0.4) is 0 Å². The third-order valence-electron chi connectivity index (χ3n) is 5.49. The number of benzene rings is 2. The molecule has 2 heterocycles. The highest BCUT2D eigenvalue weighted by atomic mass is 35.5. The zero-order chi connectivity index (χ0) is 22.7. The van der Waals surface area contributed by atoms with E-state index in [0.29, 0.717) is 40.1 Å². The quantitative estimate of drug-likeness (QED) is 0.587. The molecular formula is C23H22ClFN4O3. The monoisotopic (exact) mass is 456 g/mol. The van der Waals surface area contributed by atoms with E-state index in [-0.39, 0.29) is 17.6 Å². The van der Waals surface area contributed by atoms with Gasteiger partial charge in [0.2, 0.25) is 0 Å². The van der Waals surface area contributed by atoms with Crippen LogP contribution in [0.15, 0.2) is 48.9 Å². The number of anilines is 2. The zero-order valence-electron chi connectivity index (χ0n) is 17.6. The average Bonchev–Trinajstić information content (AvgIpc) is 3.30. The van der Waals surface area contributed by atoms with Gasteiger partial charge in [-0.05, 0) is 24.1 Å². The Morgan fingerprint density at radius 1 is 1.19 bits per heavy atom. The van der Waals surface area contributed by atoms with Crippen molar-refractivity contribution in [1.29, 1.82) is 0 Å². The second kappa shape index (κ2) is 9.40. The van der Waals surface area contributed by atoms with Crippen LogP contribution in [0.2, 0.25) is 5.02 Å². The van der Waals surface area contributed by atoms with Crippen LogP contribution in [0.4, 0.5) is 15.9 Å². The van der Waals surface area contributed by atoms with Crippen molar-refractivity contribution in [1.82, 2.24) is 9.97 Å². The molecule has 1 fully saturated rings. The van der Waals surface area contributed by atoms with Gasteiger partial charge < -0.3 is 19.7 Å². The van der Waals surface area contributed by atoms with Crippen LogP contribution >= 0.6 is 11.6 Å². The Morgan fingerprint density at radius 2 is 1.94 bits per heavy atom. The molecule has 1 aromatic heterocycles. The first kappa shape index (κ1) is 21.8. The Hall–Kier alpha value is -3.39. The van der Waals surface area contributed by atoms with E-state index in [2.05, 4.69) is 15.3 Å². The molecule has 7 nitrogen and oxygen atoms in total. The van der Waals surface area contributed by atoms with Gasteiger partial charge in [0.15, 0.2) is 0 Å². The molecule has 0 spiro atoms. The van der Waals surface area contributed by atoms with E-state index in [1.165, 1.54) is 38.9 Å². The smallest absolute Gasteiger partial charge is 0.261 e. The van der Waals surface area contributed by atoms with Crippen LogP contribution in [0, 0.1) is 5.82 Å². The van der Waals surface area contributed by atoms with Gasteiger partial charge in [0, 0.05) is 37.3 Å². The number of carbonyl (C=O) groups is 1.